The zero-order valence-electron chi connectivity index (χ0n) is 8.97. The molecule has 0 saturated heterocycles. The number of aromatic nitrogens is 2. The predicted molar refractivity (Wildman–Crippen MR) is 68.3 cm³/mol. The van der Waals surface area contributed by atoms with Gasteiger partial charge in [-0.25, -0.2) is 4.98 Å². The molecule has 0 radical (unpaired) electrons. The Hall–Kier alpha value is -1.42. The third kappa shape index (κ3) is 2.79. The van der Waals surface area contributed by atoms with Gasteiger partial charge in [0.15, 0.2) is 0 Å². The Labute approximate surface area is 103 Å². The Balaban J connectivity index is 2.09. The number of nitrogens with zero attached hydrogens (tertiary/aromatic N) is 3. The van der Waals surface area contributed by atoms with E-state index in [2.05, 4.69) is 36.9 Å². The molecule has 0 aliphatic rings. The highest BCUT2D eigenvalue weighted by atomic mass is 79.9. The van der Waals surface area contributed by atoms with E-state index in [1.807, 2.05) is 31.4 Å². The van der Waals surface area contributed by atoms with Crippen LogP contribution in [0.15, 0.2) is 47.3 Å². The summed E-state index contributed by atoms with van der Waals surface area (Å²) < 4.78 is 0.992. The average Bonchev–Trinajstić information content (AvgIpc) is 2.31. The van der Waals surface area contributed by atoms with Gasteiger partial charge in [-0.2, -0.15) is 0 Å². The van der Waals surface area contributed by atoms with E-state index in [0.717, 1.165) is 16.8 Å². The number of hydrogen-bond acceptors (Lipinski definition) is 3. The first-order valence-corrected chi connectivity index (χ1v) is 5.76. The van der Waals surface area contributed by atoms with E-state index in [0.29, 0.717) is 0 Å². The van der Waals surface area contributed by atoms with E-state index in [9.17, 15) is 0 Å². The van der Waals surface area contributed by atoms with Gasteiger partial charge in [-0.05, 0) is 39.7 Å². The van der Waals surface area contributed by atoms with Crippen molar-refractivity contribution in [2.24, 2.45) is 0 Å². The van der Waals surface area contributed by atoms with Crippen molar-refractivity contribution < 1.29 is 0 Å². The highest BCUT2D eigenvalue weighted by Gasteiger charge is 2.02. The second-order valence-electron chi connectivity index (χ2n) is 3.55. The molecule has 4 heteroatoms. The molecule has 0 aromatic carbocycles. The standard InChI is InChI=1S/C12H12BrN3/c1-16(9-10-3-2-6-14-7-10)12-5-4-11(13)8-15-12/h2-8H,9H2,1H3. The van der Waals surface area contributed by atoms with Crippen LogP contribution < -0.4 is 4.90 Å². The molecule has 3 nitrogen and oxygen atoms in total. The third-order valence-corrected chi connectivity index (χ3v) is 2.71. The van der Waals surface area contributed by atoms with Gasteiger partial charge in [-0.3, -0.25) is 4.98 Å². The summed E-state index contributed by atoms with van der Waals surface area (Å²) in [4.78, 5) is 10.5. The molecule has 0 amide bonds. The van der Waals surface area contributed by atoms with Crippen LogP contribution in [-0.2, 0) is 6.54 Å². The van der Waals surface area contributed by atoms with Gasteiger partial charge in [-0.1, -0.05) is 6.07 Å². The van der Waals surface area contributed by atoms with Gasteiger partial charge in [0, 0.05) is 36.7 Å². The molecule has 0 unspecified atom stereocenters. The van der Waals surface area contributed by atoms with Gasteiger partial charge >= 0.3 is 0 Å². The summed E-state index contributed by atoms with van der Waals surface area (Å²) >= 11 is 3.37. The number of halogens is 1. The fourth-order valence-electron chi connectivity index (χ4n) is 1.44. The van der Waals surface area contributed by atoms with E-state index in [1.54, 1.807) is 12.4 Å². The van der Waals surface area contributed by atoms with Crippen molar-refractivity contribution in [2.45, 2.75) is 6.54 Å². The number of hydrogen-bond donors (Lipinski definition) is 0. The Morgan fingerprint density at radius 2 is 2.12 bits per heavy atom. The van der Waals surface area contributed by atoms with Gasteiger partial charge in [0.2, 0.25) is 0 Å². The van der Waals surface area contributed by atoms with Crippen molar-refractivity contribution in [3.8, 4) is 0 Å². The van der Waals surface area contributed by atoms with Crippen LogP contribution in [0, 0.1) is 0 Å². The monoisotopic (exact) mass is 277 g/mol. The number of rotatable bonds is 3. The van der Waals surface area contributed by atoms with Crippen molar-refractivity contribution in [1.82, 2.24) is 9.97 Å². The van der Waals surface area contributed by atoms with Gasteiger partial charge < -0.3 is 4.90 Å². The third-order valence-electron chi connectivity index (χ3n) is 2.25. The molecule has 2 heterocycles. The molecule has 0 bridgehead atoms. The first-order chi connectivity index (χ1) is 7.75. The summed E-state index contributed by atoms with van der Waals surface area (Å²) in [5.74, 6) is 0.951. The number of anilines is 1. The smallest absolute Gasteiger partial charge is 0.128 e. The lowest BCUT2D eigenvalue weighted by atomic mass is 10.2. The molecule has 0 fully saturated rings. The van der Waals surface area contributed by atoms with Gasteiger partial charge in [0.1, 0.15) is 5.82 Å². The molecule has 16 heavy (non-hydrogen) atoms. The highest BCUT2D eigenvalue weighted by molar-refractivity contribution is 9.10. The Morgan fingerprint density at radius 1 is 1.25 bits per heavy atom. The van der Waals surface area contributed by atoms with Gasteiger partial charge in [-0.15, -0.1) is 0 Å². The molecule has 0 atom stereocenters. The fourth-order valence-corrected chi connectivity index (χ4v) is 1.67. The Bertz CT molecular complexity index is 442. The first-order valence-electron chi connectivity index (χ1n) is 4.97. The van der Waals surface area contributed by atoms with Crippen LogP contribution in [0.5, 0.6) is 0 Å². The molecule has 2 aromatic heterocycles. The SMILES string of the molecule is CN(Cc1cccnc1)c1ccc(Br)cn1. The van der Waals surface area contributed by atoms with E-state index in [1.165, 1.54) is 5.56 Å². The lowest BCUT2D eigenvalue weighted by Gasteiger charge is -2.17. The molecule has 2 rings (SSSR count). The van der Waals surface area contributed by atoms with Crippen LogP contribution in [0.3, 0.4) is 0 Å². The zero-order valence-corrected chi connectivity index (χ0v) is 10.6. The molecule has 0 spiro atoms. The molecule has 0 N–H and O–H groups in total. The molecular formula is C12H12BrN3. The summed E-state index contributed by atoms with van der Waals surface area (Å²) in [5.41, 5.74) is 1.18. The van der Waals surface area contributed by atoms with Crippen LogP contribution in [0.4, 0.5) is 5.82 Å². The maximum absolute atomic E-state index is 4.33. The van der Waals surface area contributed by atoms with Crippen LogP contribution in [-0.4, -0.2) is 17.0 Å². The summed E-state index contributed by atoms with van der Waals surface area (Å²) in [7, 11) is 2.02. The minimum Gasteiger partial charge on any atom is -0.355 e. The van der Waals surface area contributed by atoms with Crippen molar-refractivity contribution >= 4 is 21.7 Å². The predicted octanol–water partition coefficient (Wildman–Crippen LogP) is 2.88. The zero-order chi connectivity index (χ0) is 11.4. The highest BCUT2D eigenvalue weighted by Crippen LogP contribution is 2.15. The van der Waals surface area contributed by atoms with Crippen molar-refractivity contribution in [1.29, 1.82) is 0 Å². The average molecular weight is 278 g/mol. The summed E-state index contributed by atoms with van der Waals surface area (Å²) in [6.45, 7) is 0.808. The van der Waals surface area contributed by atoms with Gasteiger partial charge in [0.05, 0.1) is 0 Å². The van der Waals surface area contributed by atoms with E-state index in [-0.39, 0.29) is 0 Å². The summed E-state index contributed by atoms with van der Waals surface area (Å²) in [6.07, 6.45) is 5.45. The Morgan fingerprint density at radius 3 is 2.75 bits per heavy atom. The Kier molecular flexibility index (Phi) is 3.51. The maximum Gasteiger partial charge on any atom is 0.128 e. The lowest BCUT2D eigenvalue weighted by molar-refractivity contribution is 0.891. The summed E-state index contributed by atoms with van der Waals surface area (Å²) in [5, 5.41) is 0. The van der Waals surface area contributed by atoms with E-state index < -0.39 is 0 Å². The molecule has 0 saturated carbocycles. The number of pyridine rings is 2. The molecule has 0 aliphatic heterocycles. The molecule has 82 valence electrons. The lowest BCUT2D eigenvalue weighted by Crippen LogP contribution is -2.17. The molecule has 2 aromatic rings. The molecule has 0 aliphatic carbocycles. The minimum absolute atomic E-state index is 0.808. The second kappa shape index (κ2) is 5.07. The molecular weight excluding hydrogens is 266 g/mol. The van der Waals surface area contributed by atoms with Crippen molar-refractivity contribution in [3.63, 3.8) is 0 Å². The first kappa shape index (κ1) is 11.1. The second-order valence-corrected chi connectivity index (χ2v) is 4.47. The summed E-state index contributed by atoms with van der Waals surface area (Å²) in [6, 6.07) is 7.98. The minimum atomic E-state index is 0.808. The van der Waals surface area contributed by atoms with Gasteiger partial charge in [0.25, 0.3) is 0 Å². The van der Waals surface area contributed by atoms with Crippen LogP contribution in [0.1, 0.15) is 5.56 Å². The maximum atomic E-state index is 4.33. The van der Waals surface area contributed by atoms with Crippen LogP contribution >= 0.6 is 15.9 Å². The normalized spacial score (nSPS) is 10.1. The van der Waals surface area contributed by atoms with E-state index in [4.69, 9.17) is 0 Å². The van der Waals surface area contributed by atoms with E-state index >= 15 is 0 Å². The van der Waals surface area contributed by atoms with Crippen molar-refractivity contribution in [2.75, 3.05) is 11.9 Å². The van der Waals surface area contributed by atoms with Crippen LogP contribution in [0.25, 0.3) is 0 Å². The fraction of sp³-hybridized carbons (Fsp3) is 0.167. The van der Waals surface area contributed by atoms with Crippen molar-refractivity contribution in [3.05, 3.63) is 52.9 Å². The quantitative estimate of drug-likeness (QED) is 0.864. The largest absolute Gasteiger partial charge is 0.355 e. The van der Waals surface area contributed by atoms with Crippen LogP contribution in [0.2, 0.25) is 0 Å². The topological polar surface area (TPSA) is 29.0 Å².